The Bertz CT molecular complexity index is 780. The highest BCUT2D eigenvalue weighted by Crippen LogP contribution is 2.24. The zero-order valence-corrected chi connectivity index (χ0v) is 11.8. The van der Waals surface area contributed by atoms with Crippen LogP contribution in [0.1, 0.15) is 11.1 Å². The maximum atomic E-state index is 13.7. The first-order valence-electron chi connectivity index (χ1n) is 6.82. The molecule has 0 aliphatic carbocycles. The quantitative estimate of drug-likeness (QED) is 0.798. The number of hydrogen-bond donors (Lipinski definition) is 1. The number of methoxy groups -OCH3 is 1. The van der Waals surface area contributed by atoms with E-state index in [-0.39, 0.29) is 5.82 Å². The van der Waals surface area contributed by atoms with E-state index >= 15 is 0 Å². The van der Waals surface area contributed by atoms with Crippen molar-refractivity contribution in [3.8, 4) is 5.75 Å². The largest absolute Gasteiger partial charge is 0.496 e. The molecular weight excluding hydrogens is 267 g/mol. The van der Waals surface area contributed by atoms with Gasteiger partial charge in [-0.15, -0.1) is 0 Å². The van der Waals surface area contributed by atoms with Crippen LogP contribution in [0.4, 0.5) is 4.39 Å². The molecule has 3 aromatic rings. The second kappa shape index (κ2) is 5.58. The standard InChI is InChI=1S/C17H17FN2O/c1-21-17-6-5-12(10-19)9-13(17)11-20-8-7-14-15(18)3-2-4-16(14)20/h2-9H,10-11,19H2,1H3. The fourth-order valence-electron chi connectivity index (χ4n) is 2.59. The lowest BCUT2D eigenvalue weighted by molar-refractivity contribution is 0.408. The van der Waals surface area contributed by atoms with Gasteiger partial charge in [0.25, 0.3) is 0 Å². The number of aromatic nitrogens is 1. The SMILES string of the molecule is COc1ccc(CN)cc1Cn1ccc2c(F)cccc21. The van der Waals surface area contributed by atoms with E-state index in [1.807, 2.05) is 35.0 Å². The molecule has 3 nitrogen and oxygen atoms in total. The molecule has 0 bridgehead atoms. The van der Waals surface area contributed by atoms with Gasteiger partial charge in [-0.3, -0.25) is 0 Å². The Morgan fingerprint density at radius 3 is 2.81 bits per heavy atom. The van der Waals surface area contributed by atoms with Crippen LogP contribution in [0, 0.1) is 5.82 Å². The fourth-order valence-corrected chi connectivity index (χ4v) is 2.59. The summed E-state index contributed by atoms with van der Waals surface area (Å²) >= 11 is 0. The van der Waals surface area contributed by atoms with Crippen molar-refractivity contribution in [3.63, 3.8) is 0 Å². The lowest BCUT2D eigenvalue weighted by Crippen LogP contribution is -2.03. The number of hydrogen-bond acceptors (Lipinski definition) is 2. The van der Waals surface area contributed by atoms with Crippen LogP contribution in [0.25, 0.3) is 10.9 Å². The smallest absolute Gasteiger partial charge is 0.132 e. The first-order valence-corrected chi connectivity index (χ1v) is 6.82. The summed E-state index contributed by atoms with van der Waals surface area (Å²) in [5.41, 5.74) is 8.65. The molecule has 2 N–H and O–H groups in total. The monoisotopic (exact) mass is 284 g/mol. The third-order valence-corrected chi connectivity index (χ3v) is 3.68. The van der Waals surface area contributed by atoms with Crippen molar-refractivity contribution in [1.82, 2.24) is 4.57 Å². The lowest BCUT2D eigenvalue weighted by atomic mass is 10.1. The third-order valence-electron chi connectivity index (χ3n) is 3.68. The van der Waals surface area contributed by atoms with Gasteiger partial charge >= 0.3 is 0 Å². The molecule has 0 spiro atoms. The molecule has 1 heterocycles. The molecule has 2 aromatic carbocycles. The van der Waals surface area contributed by atoms with Crippen molar-refractivity contribution >= 4 is 10.9 Å². The van der Waals surface area contributed by atoms with Crippen molar-refractivity contribution in [1.29, 1.82) is 0 Å². The molecular formula is C17H17FN2O. The minimum absolute atomic E-state index is 0.200. The molecule has 3 rings (SSSR count). The molecule has 1 aromatic heterocycles. The van der Waals surface area contributed by atoms with Crippen molar-refractivity contribution in [2.45, 2.75) is 13.1 Å². The first kappa shape index (κ1) is 13.6. The summed E-state index contributed by atoms with van der Waals surface area (Å²) in [5.74, 6) is 0.611. The van der Waals surface area contributed by atoms with Crippen LogP contribution in [0.5, 0.6) is 5.75 Å². The van der Waals surface area contributed by atoms with Crippen LogP contribution in [-0.2, 0) is 13.1 Å². The molecule has 0 unspecified atom stereocenters. The van der Waals surface area contributed by atoms with Gasteiger partial charge in [-0.05, 0) is 35.9 Å². The van der Waals surface area contributed by atoms with E-state index in [1.165, 1.54) is 6.07 Å². The highest BCUT2D eigenvalue weighted by molar-refractivity contribution is 5.80. The summed E-state index contributed by atoms with van der Waals surface area (Å²) in [6.07, 6.45) is 1.89. The number of nitrogens with zero attached hydrogens (tertiary/aromatic N) is 1. The molecule has 108 valence electrons. The van der Waals surface area contributed by atoms with Crippen LogP contribution in [0.3, 0.4) is 0 Å². The zero-order chi connectivity index (χ0) is 14.8. The van der Waals surface area contributed by atoms with Crippen LogP contribution in [0.15, 0.2) is 48.7 Å². The van der Waals surface area contributed by atoms with Crippen LogP contribution < -0.4 is 10.5 Å². The molecule has 0 saturated carbocycles. The Morgan fingerprint density at radius 1 is 1.19 bits per heavy atom. The third kappa shape index (κ3) is 2.50. The number of rotatable bonds is 4. The van der Waals surface area contributed by atoms with Crippen LogP contribution >= 0.6 is 0 Å². The predicted molar refractivity (Wildman–Crippen MR) is 81.9 cm³/mol. The Morgan fingerprint density at radius 2 is 2.05 bits per heavy atom. The van der Waals surface area contributed by atoms with E-state index in [0.717, 1.165) is 22.4 Å². The van der Waals surface area contributed by atoms with Crippen LogP contribution in [0.2, 0.25) is 0 Å². The van der Waals surface area contributed by atoms with Gasteiger partial charge in [-0.1, -0.05) is 12.1 Å². The zero-order valence-electron chi connectivity index (χ0n) is 11.8. The Hall–Kier alpha value is -2.33. The summed E-state index contributed by atoms with van der Waals surface area (Å²) in [5, 5.41) is 0.631. The second-order valence-corrected chi connectivity index (χ2v) is 4.97. The summed E-state index contributed by atoms with van der Waals surface area (Å²) in [4.78, 5) is 0. The minimum Gasteiger partial charge on any atom is -0.496 e. The number of ether oxygens (including phenoxy) is 1. The van der Waals surface area contributed by atoms with E-state index in [9.17, 15) is 4.39 Å². The lowest BCUT2D eigenvalue weighted by Gasteiger charge is -2.12. The van der Waals surface area contributed by atoms with Gasteiger partial charge in [0.15, 0.2) is 0 Å². The topological polar surface area (TPSA) is 40.2 Å². The molecule has 0 radical (unpaired) electrons. The van der Waals surface area contributed by atoms with Gasteiger partial charge in [-0.2, -0.15) is 0 Å². The molecule has 0 amide bonds. The normalized spacial score (nSPS) is 11.0. The van der Waals surface area contributed by atoms with Crippen LogP contribution in [-0.4, -0.2) is 11.7 Å². The number of nitrogens with two attached hydrogens (primary N) is 1. The average molecular weight is 284 g/mol. The van der Waals surface area contributed by atoms with Gasteiger partial charge in [0.05, 0.1) is 19.2 Å². The maximum absolute atomic E-state index is 13.7. The van der Waals surface area contributed by atoms with Gasteiger partial charge in [0.2, 0.25) is 0 Å². The molecule has 0 atom stereocenters. The van der Waals surface area contributed by atoms with Gasteiger partial charge in [0, 0.05) is 23.7 Å². The summed E-state index contributed by atoms with van der Waals surface area (Å²) < 4.78 is 21.2. The Labute approximate surface area is 122 Å². The van der Waals surface area contributed by atoms with Crippen molar-refractivity contribution < 1.29 is 9.13 Å². The van der Waals surface area contributed by atoms with Crippen molar-refractivity contribution in [2.75, 3.05) is 7.11 Å². The molecule has 4 heteroatoms. The second-order valence-electron chi connectivity index (χ2n) is 4.97. The van der Waals surface area contributed by atoms with E-state index in [2.05, 4.69) is 0 Å². The predicted octanol–water partition coefficient (Wildman–Crippen LogP) is 3.30. The number of halogens is 1. The molecule has 21 heavy (non-hydrogen) atoms. The van der Waals surface area contributed by atoms with E-state index in [4.69, 9.17) is 10.5 Å². The van der Waals surface area contributed by atoms with Crippen molar-refractivity contribution in [2.24, 2.45) is 5.73 Å². The first-order chi connectivity index (χ1) is 10.2. The van der Waals surface area contributed by atoms with Crippen molar-refractivity contribution in [3.05, 3.63) is 65.6 Å². The van der Waals surface area contributed by atoms with E-state index < -0.39 is 0 Å². The Kier molecular flexibility index (Phi) is 3.62. The summed E-state index contributed by atoms with van der Waals surface area (Å²) in [6.45, 7) is 1.10. The molecule has 0 saturated heterocycles. The summed E-state index contributed by atoms with van der Waals surface area (Å²) in [6, 6.07) is 12.8. The highest BCUT2D eigenvalue weighted by Gasteiger charge is 2.09. The van der Waals surface area contributed by atoms with Gasteiger partial charge < -0.3 is 15.0 Å². The van der Waals surface area contributed by atoms with E-state index in [0.29, 0.717) is 18.5 Å². The maximum Gasteiger partial charge on any atom is 0.132 e. The molecule has 0 fully saturated rings. The number of benzene rings is 2. The van der Waals surface area contributed by atoms with Gasteiger partial charge in [-0.25, -0.2) is 4.39 Å². The van der Waals surface area contributed by atoms with E-state index in [1.54, 1.807) is 19.2 Å². The molecule has 0 aliphatic rings. The van der Waals surface area contributed by atoms with Gasteiger partial charge in [0.1, 0.15) is 11.6 Å². The minimum atomic E-state index is -0.200. The number of fused-ring (bicyclic) bond motifs is 1. The fraction of sp³-hybridized carbons (Fsp3) is 0.176. The highest BCUT2D eigenvalue weighted by atomic mass is 19.1. The average Bonchev–Trinajstić information content (AvgIpc) is 2.92. The Balaban J connectivity index is 2.04. The molecule has 0 aliphatic heterocycles. The summed E-state index contributed by atoms with van der Waals surface area (Å²) in [7, 11) is 1.65.